The van der Waals surface area contributed by atoms with Crippen molar-refractivity contribution in [2.24, 2.45) is 0 Å². The van der Waals surface area contributed by atoms with Gasteiger partial charge in [-0.3, -0.25) is 14.4 Å². The zero-order chi connectivity index (χ0) is 25.8. The number of aliphatic hydroxyl groups excluding tert-OH is 1. The van der Waals surface area contributed by atoms with Crippen LogP contribution >= 0.6 is 67.3 Å². The number of allylic oxidation sites excluding steroid dienone is 3. The van der Waals surface area contributed by atoms with E-state index in [4.69, 9.17) is 0 Å². The first-order valence-electron chi connectivity index (χ1n) is 10.6. The summed E-state index contributed by atoms with van der Waals surface area (Å²) in [6.07, 6.45) is 6.21. The lowest BCUT2D eigenvalue weighted by Gasteiger charge is -2.37. The number of carbonyl (C=O) groups excluding carboxylic acids is 3. The van der Waals surface area contributed by atoms with Crippen LogP contribution in [0, 0.1) is 0 Å². The van der Waals surface area contributed by atoms with Gasteiger partial charge in [-0.15, -0.1) is 11.3 Å². The molecule has 190 valence electrons. The number of nitrogens with one attached hydrogen (secondary N) is 1. The summed E-state index contributed by atoms with van der Waals surface area (Å²) in [7, 11) is -1.31. The Morgan fingerprint density at radius 1 is 1.26 bits per heavy atom. The van der Waals surface area contributed by atoms with E-state index < -0.39 is 49.1 Å². The first kappa shape index (κ1) is 29.1. The number of hydrogen-bond acceptors (Lipinski definition) is 9. The normalized spacial score (nSPS) is 36.2. The maximum absolute atomic E-state index is 13.3. The smallest absolute Gasteiger partial charge is 0.235 e. The second kappa shape index (κ2) is 12.4. The molecular weight excluding hydrogens is 738 g/mol. The zero-order valence-electron chi connectivity index (χ0n) is 18.6. The Morgan fingerprint density at radius 2 is 1.97 bits per heavy atom. The quantitative estimate of drug-likeness (QED) is 0.181. The van der Waals surface area contributed by atoms with Crippen LogP contribution < -0.4 is 5.32 Å². The van der Waals surface area contributed by atoms with E-state index in [0.717, 1.165) is 0 Å². The summed E-state index contributed by atoms with van der Waals surface area (Å²) in [5, 5.41) is 26.5. The van der Waals surface area contributed by atoms with Crippen molar-refractivity contribution in [1.82, 2.24) is 10.3 Å². The highest BCUT2D eigenvalue weighted by atomic mass is 127. The molecule has 0 aromatic carbocycles. The molecule has 5 unspecified atom stereocenters. The molecule has 13 heteroatoms. The van der Waals surface area contributed by atoms with Crippen LogP contribution in [-0.4, -0.2) is 61.5 Å². The SMILES string of the molecule is CC1NC(=O)CC2(CC/C(CI)=C/C(O)C(=O)/C=C/C=C\c3csc1n3)S(=O)SC(=O)C2(O)CI. The van der Waals surface area contributed by atoms with Crippen LogP contribution in [0.4, 0.5) is 0 Å². The molecule has 1 saturated heterocycles. The number of alkyl halides is 2. The average Bonchev–Trinajstić information content (AvgIpc) is 3.36. The maximum atomic E-state index is 13.3. The minimum atomic E-state index is -1.96. The molecule has 0 radical (unpaired) electrons. The highest BCUT2D eigenvalue weighted by Gasteiger charge is 2.65. The van der Waals surface area contributed by atoms with Gasteiger partial charge in [0.25, 0.3) is 0 Å². The van der Waals surface area contributed by atoms with Gasteiger partial charge in [0.2, 0.25) is 11.0 Å². The molecule has 3 rings (SSSR count). The third kappa shape index (κ3) is 6.34. The first-order valence-corrected chi connectivity index (χ1v) is 17.0. The number of ketones is 1. The van der Waals surface area contributed by atoms with Gasteiger partial charge in [0.1, 0.15) is 15.9 Å². The van der Waals surface area contributed by atoms with Crippen LogP contribution in [0.5, 0.6) is 0 Å². The Balaban J connectivity index is 2.04. The Kier molecular flexibility index (Phi) is 10.3. The van der Waals surface area contributed by atoms with Crippen molar-refractivity contribution in [2.45, 2.75) is 48.7 Å². The van der Waals surface area contributed by atoms with Crippen molar-refractivity contribution >= 4 is 100 Å². The molecule has 8 nitrogen and oxygen atoms in total. The van der Waals surface area contributed by atoms with Crippen LogP contribution in [0.3, 0.4) is 0 Å². The molecule has 2 aliphatic rings. The van der Waals surface area contributed by atoms with Gasteiger partial charge in [-0.2, -0.15) is 0 Å². The van der Waals surface area contributed by atoms with Crippen molar-refractivity contribution in [3.05, 3.63) is 46.0 Å². The van der Waals surface area contributed by atoms with E-state index in [0.29, 0.717) is 31.5 Å². The monoisotopic (exact) mass is 762 g/mol. The number of aliphatic hydroxyl groups is 2. The Hall–Kier alpha value is -0.460. The number of nitrogens with zero attached hydrogens (tertiary/aromatic N) is 1. The third-order valence-electron chi connectivity index (χ3n) is 5.83. The molecule has 2 bridgehead atoms. The van der Waals surface area contributed by atoms with Gasteiger partial charge >= 0.3 is 0 Å². The number of hydrogen-bond donors (Lipinski definition) is 3. The second-order valence-corrected chi connectivity index (χ2v) is 13.8. The average molecular weight is 762 g/mol. The molecule has 3 N–H and O–H groups in total. The molecule has 1 aromatic heterocycles. The summed E-state index contributed by atoms with van der Waals surface area (Å²) < 4.78 is 12.2. The van der Waals surface area contributed by atoms with E-state index in [9.17, 15) is 28.8 Å². The van der Waals surface area contributed by atoms with Gasteiger partial charge in [-0.05, 0) is 38.0 Å². The Labute approximate surface area is 240 Å². The topological polar surface area (TPSA) is 134 Å². The summed E-state index contributed by atoms with van der Waals surface area (Å²) in [5.41, 5.74) is -0.626. The van der Waals surface area contributed by atoms with Gasteiger partial charge < -0.3 is 15.5 Å². The van der Waals surface area contributed by atoms with Crippen LogP contribution in [0.25, 0.3) is 6.08 Å². The number of halogens is 2. The third-order valence-corrected chi connectivity index (χ3v) is 12.8. The van der Waals surface area contributed by atoms with Gasteiger partial charge in [0, 0.05) is 31.4 Å². The van der Waals surface area contributed by atoms with E-state index in [2.05, 4.69) is 32.9 Å². The van der Waals surface area contributed by atoms with Crippen molar-refractivity contribution in [3.8, 4) is 0 Å². The maximum Gasteiger partial charge on any atom is 0.235 e. The first-order chi connectivity index (χ1) is 16.6. The van der Waals surface area contributed by atoms with Crippen molar-refractivity contribution in [1.29, 1.82) is 0 Å². The van der Waals surface area contributed by atoms with Crippen molar-refractivity contribution < 1.29 is 28.8 Å². The Bertz CT molecular complexity index is 1120. The number of fused-ring (bicyclic) bond motifs is 2. The number of thiazole rings is 1. The fourth-order valence-corrected chi connectivity index (χ4v) is 10.7. The summed E-state index contributed by atoms with van der Waals surface area (Å²) in [4.78, 5) is 42.7. The van der Waals surface area contributed by atoms with E-state index in [-0.39, 0.29) is 23.7 Å². The minimum absolute atomic E-state index is 0.0253. The van der Waals surface area contributed by atoms with Crippen LogP contribution in [0.2, 0.25) is 0 Å². The van der Waals surface area contributed by atoms with Gasteiger partial charge in [-0.1, -0.05) is 62.9 Å². The summed E-state index contributed by atoms with van der Waals surface area (Å²) in [6.45, 7) is 1.78. The molecule has 5 atom stereocenters. The summed E-state index contributed by atoms with van der Waals surface area (Å²) in [5.74, 6) is -0.949. The second-order valence-electron chi connectivity index (χ2n) is 8.19. The largest absolute Gasteiger partial charge is 0.381 e. The number of carbonyl (C=O) groups is 3. The molecule has 3 heterocycles. The molecule has 2 aliphatic heterocycles. The number of amides is 1. The van der Waals surface area contributed by atoms with Gasteiger partial charge in [0.15, 0.2) is 11.4 Å². The molecule has 1 spiro atoms. The minimum Gasteiger partial charge on any atom is -0.381 e. The van der Waals surface area contributed by atoms with E-state index in [1.807, 2.05) is 22.6 Å². The predicted molar refractivity (Wildman–Crippen MR) is 156 cm³/mol. The highest BCUT2D eigenvalue weighted by molar-refractivity contribution is 14.1. The van der Waals surface area contributed by atoms with Crippen LogP contribution in [0.1, 0.15) is 42.9 Å². The lowest BCUT2D eigenvalue weighted by atomic mass is 9.81. The molecule has 1 amide bonds. The lowest BCUT2D eigenvalue weighted by Crippen LogP contribution is -2.58. The Morgan fingerprint density at radius 3 is 2.66 bits per heavy atom. The number of aromatic nitrogens is 1. The summed E-state index contributed by atoms with van der Waals surface area (Å²) >= 11 is 5.32. The molecular formula is C22H24I2N2O6S3. The van der Waals surface area contributed by atoms with Crippen molar-refractivity contribution in [2.75, 3.05) is 8.86 Å². The summed E-state index contributed by atoms with van der Waals surface area (Å²) in [6, 6.07) is -0.437. The standard InChI is InChI=1S/C22H24I2N2O6S3/c1-13-19-26-15(11-33-19)4-2-3-5-16(27)17(28)8-14(10-23)6-7-21(9-18(29)25-13)22(31,12-24)20(30)34-35(21)32/h2-5,8,11,13,17,28,31H,6-7,9-10,12H2,1H3,(H,25,29)/b4-2-,5-3+,14-8-. The van der Waals surface area contributed by atoms with Gasteiger partial charge in [-0.25, -0.2) is 9.19 Å². The van der Waals surface area contributed by atoms with E-state index in [1.54, 1.807) is 24.5 Å². The highest BCUT2D eigenvalue weighted by Crippen LogP contribution is 2.51. The zero-order valence-corrected chi connectivity index (χ0v) is 25.4. The fraction of sp³-hybridized carbons (Fsp3) is 0.455. The molecule has 0 aliphatic carbocycles. The lowest BCUT2D eigenvalue weighted by molar-refractivity contribution is -0.131. The van der Waals surface area contributed by atoms with Crippen molar-refractivity contribution in [3.63, 3.8) is 0 Å². The van der Waals surface area contributed by atoms with Gasteiger partial charge in [0.05, 0.1) is 21.6 Å². The van der Waals surface area contributed by atoms with Crippen LogP contribution in [0.15, 0.2) is 35.3 Å². The molecule has 1 aromatic rings. The van der Waals surface area contributed by atoms with Crippen LogP contribution in [-0.2, 0) is 24.2 Å². The van der Waals surface area contributed by atoms with E-state index in [1.165, 1.54) is 29.6 Å². The van der Waals surface area contributed by atoms with E-state index >= 15 is 0 Å². The fourth-order valence-electron chi connectivity index (χ4n) is 3.76. The molecule has 35 heavy (non-hydrogen) atoms. The molecule has 0 saturated carbocycles. The predicted octanol–water partition coefficient (Wildman–Crippen LogP) is 3.21. The molecule has 1 fully saturated rings. The number of rotatable bonds is 2.